The number of aliphatic hydroxyl groups excluding tert-OH is 2. The Bertz CT molecular complexity index is 1550. The number of phenols is 1. The molecule has 11 heteroatoms. The lowest BCUT2D eigenvalue weighted by Crippen LogP contribution is -2.65. The number of aromatic hydroxyl groups is 1. The van der Waals surface area contributed by atoms with Crippen molar-refractivity contribution in [2.24, 2.45) is 17.6 Å². The van der Waals surface area contributed by atoms with E-state index >= 15 is 0 Å². The number of rotatable bonds is 7. The lowest BCUT2D eigenvalue weighted by molar-refractivity contribution is -0.153. The highest BCUT2D eigenvalue weighted by molar-refractivity contribution is 6.24. The second-order valence-electron chi connectivity index (χ2n) is 11.7. The topological polar surface area (TPSA) is 177 Å². The van der Waals surface area contributed by atoms with Crippen LogP contribution in [0.1, 0.15) is 23.1 Å². The first kappa shape index (κ1) is 29.2. The molecule has 4 atom stereocenters. The van der Waals surface area contributed by atoms with Crippen molar-refractivity contribution in [3.63, 3.8) is 0 Å². The summed E-state index contributed by atoms with van der Waals surface area (Å²) in [5.41, 5.74) is 4.54. The van der Waals surface area contributed by atoms with Gasteiger partial charge in [-0.25, -0.2) is 0 Å². The maximum atomic E-state index is 14.1. The van der Waals surface area contributed by atoms with Crippen LogP contribution in [0.3, 0.4) is 0 Å². The van der Waals surface area contributed by atoms with Gasteiger partial charge in [0, 0.05) is 37.8 Å². The summed E-state index contributed by atoms with van der Waals surface area (Å²) in [7, 11) is 6.80. The maximum Gasteiger partial charge on any atom is 0.255 e. The first-order valence-electron chi connectivity index (χ1n) is 13.8. The number of Topliss-reactive ketones (excluding diaryl/α,β-unsaturated/α-hetero) is 2. The van der Waals surface area contributed by atoms with Gasteiger partial charge in [-0.3, -0.25) is 19.3 Å². The number of fused-ring (bicyclic) bond motifs is 3. The molecule has 0 bridgehead atoms. The molecule has 2 aromatic carbocycles. The van der Waals surface area contributed by atoms with E-state index in [4.69, 9.17) is 5.73 Å². The van der Waals surface area contributed by atoms with Crippen molar-refractivity contribution in [2.45, 2.75) is 30.9 Å². The van der Waals surface area contributed by atoms with Crippen molar-refractivity contribution in [1.82, 2.24) is 4.90 Å². The Hall–Kier alpha value is -4.35. The second kappa shape index (κ2) is 10.5. The van der Waals surface area contributed by atoms with Crippen molar-refractivity contribution >= 4 is 34.6 Å². The first-order valence-corrected chi connectivity index (χ1v) is 13.8. The number of aliphatic hydroxyl groups is 3. The summed E-state index contributed by atoms with van der Waals surface area (Å²) in [5, 5.41) is 49.0. The van der Waals surface area contributed by atoms with Gasteiger partial charge in [-0.15, -0.1) is 0 Å². The highest BCUT2D eigenvalue weighted by atomic mass is 16.3. The molecule has 0 radical (unpaired) electrons. The largest absolute Gasteiger partial charge is 0.508 e. The van der Waals surface area contributed by atoms with Gasteiger partial charge >= 0.3 is 0 Å². The second-order valence-corrected chi connectivity index (χ2v) is 11.7. The van der Waals surface area contributed by atoms with E-state index in [0.717, 1.165) is 5.56 Å². The molecule has 1 amide bonds. The van der Waals surface area contributed by atoms with Gasteiger partial charge in [0.1, 0.15) is 22.8 Å². The van der Waals surface area contributed by atoms with Crippen LogP contribution in [0.15, 0.2) is 53.3 Å². The molecule has 0 heterocycles. The van der Waals surface area contributed by atoms with Gasteiger partial charge in [0.25, 0.3) is 5.91 Å². The van der Waals surface area contributed by atoms with E-state index in [1.807, 2.05) is 49.3 Å². The molecule has 5 rings (SSSR count). The molecule has 7 N–H and O–H groups in total. The van der Waals surface area contributed by atoms with Crippen LogP contribution in [0.5, 0.6) is 5.75 Å². The van der Waals surface area contributed by atoms with Crippen molar-refractivity contribution in [2.75, 3.05) is 45.0 Å². The van der Waals surface area contributed by atoms with Crippen molar-refractivity contribution in [1.29, 1.82) is 0 Å². The monoisotopic (exact) mass is 576 g/mol. The van der Waals surface area contributed by atoms with Crippen LogP contribution < -0.4 is 16.0 Å². The standard InChI is InChI=1S/C31H36N4O7/c1-34(2)20-14-19(33-11-10-15-8-6-5-7-9-15)25(36)22-17(20)12-16-13-18-24(35(3)4)27(38)23(30(32)41)29(40)31(18,42)28(39)21(16)26(22)37/h5-9,14,16,18,24,33,36-37,40,42H,10-13H2,1-4H3,(H2,32,41). The number of amides is 1. The molecule has 0 spiro atoms. The summed E-state index contributed by atoms with van der Waals surface area (Å²) in [5.74, 6) is -6.70. The number of likely N-dealkylation sites (N-methyl/N-ethyl adjacent to an activating group) is 1. The summed E-state index contributed by atoms with van der Waals surface area (Å²) in [6.45, 7) is 0.484. The number of carbonyl (C=O) groups excluding carboxylic acids is 3. The van der Waals surface area contributed by atoms with E-state index in [1.54, 1.807) is 20.2 Å². The van der Waals surface area contributed by atoms with Gasteiger partial charge in [0.05, 0.1) is 17.3 Å². The molecule has 11 nitrogen and oxygen atoms in total. The van der Waals surface area contributed by atoms with Crippen LogP contribution in [-0.2, 0) is 27.2 Å². The number of hydrogen-bond donors (Lipinski definition) is 6. The van der Waals surface area contributed by atoms with Crippen LogP contribution in [0.4, 0.5) is 11.4 Å². The Kier molecular flexibility index (Phi) is 7.28. The average molecular weight is 577 g/mol. The third-order valence-corrected chi connectivity index (χ3v) is 8.75. The summed E-state index contributed by atoms with van der Waals surface area (Å²) in [6, 6.07) is 10.5. The van der Waals surface area contributed by atoms with Gasteiger partial charge in [-0.05, 0) is 56.5 Å². The van der Waals surface area contributed by atoms with E-state index in [2.05, 4.69) is 5.32 Å². The molecule has 0 aliphatic heterocycles. The van der Waals surface area contributed by atoms with E-state index in [1.165, 1.54) is 4.90 Å². The molecule has 1 saturated carbocycles. The Balaban J connectivity index is 1.63. The van der Waals surface area contributed by atoms with E-state index < -0.39 is 58.0 Å². The van der Waals surface area contributed by atoms with Gasteiger partial charge in [0.2, 0.25) is 5.78 Å². The first-order chi connectivity index (χ1) is 19.8. The van der Waals surface area contributed by atoms with Gasteiger partial charge < -0.3 is 36.4 Å². The van der Waals surface area contributed by atoms with E-state index in [-0.39, 0.29) is 29.7 Å². The number of phenolic OH excluding ortho intramolecular Hbond substituents is 1. The number of benzene rings is 2. The SMILES string of the molecule is CN(C)c1cc(NCCc2ccccc2)c(O)c2c1CC1CC3C(N(C)C)C(=O)C(C(N)=O)=C(O)C3(O)C(=O)C1=C2O. The number of nitrogens with two attached hydrogens (primary N) is 1. The molecule has 0 saturated heterocycles. The number of carbonyl (C=O) groups is 3. The number of hydrogen-bond acceptors (Lipinski definition) is 10. The zero-order valence-corrected chi connectivity index (χ0v) is 24.0. The van der Waals surface area contributed by atoms with Gasteiger partial charge in [-0.1, -0.05) is 30.3 Å². The number of nitrogens with one attached hydrogen (secondary N) is 1. The van der Waals surface area contributed by atoms with Gasteiger partial charge in [0.15, 0.2) is 11.4 Å². The molecule has 3 aliphatic rings. The summed E-state index contributed by atoms with van der Waals surface area (Å²) in [6.07, 6.45) is 0.937. The lowest BCUT2D eigenvalue weighted by atomic mass is 9.57. The summed E-state index contributed by atoms with van der Waals surface area (Å²) in [4.78, 5) is 42.8. The molecule has 1 fully saturated rings. The van der Waals surface area contributed by atoms with Crippen LogP contribution in [0.2, 0.25) is 0 Å². The average Bonchev–Trinajstić information content (AvgIpc) is 2.92. The molecular formula is C31H36N4O7. The van der Waals surface area contributed by atoms with Crippen LogP contribution >= 0.6 is 0 Å². The molecule has 2 aromatic rings. The smallest absolute Gasteiger partial charge is 0.255 e. The number of primary amides is 1. The predicted octanol–water partition coefficient (Wildman–Crippen LogP) is 1.68. The fraction of sp³-hybridized carbons (Fsp3) is 0.387. The molecule has 42 heavy (non-hydrogen) atoms. The third kappa shape index (κ3) is 4.31. The molecule has 3 aliphatic carbocycles. The fourth-order valence-electron chi connectivity index (χ4n) is 6.81. The predicted molar refractivity (Wildman–Crippen MR) is 157 cm³/mol. The van der Waals surface area contributed by atoms with Crippen molar-refractivity contribution in [3.05, 3.63) is 70.0 Å². The Morgan fingerprint density at radius 3 is 2.36 bits per heavy atom. The number of ketones is 2. The zero-order valence-electron chi connectivity index (χ0n) is 24.0. The minimum absolute atomic E-state index is 0.0382. The fourth-order valence-corrected chi connectivity index (χ4v) is 6.81. The molecular weight excluding hydrogens is 540 g/mol. The zero-order chi connectivity index (χ0) is 30.7. The van der Waals surface area contributed by atoms with Crippen LogP contribution in [0.25, 0.3) is 5.76 Å². The molecule has 222 valence electrons. The molecule has 4 unspecified atom stereocenters. The minimum Gasteiger partial charge on any atom is -0.508 e. The quantitative estimate of drug-likeness (QED) is 0.210. The van der Waals surface area contributed by atoms with E-state index in [9.17, 15) is 34.8 Å². The number of anilines is 2. The minimum atomic E-state index is -2.67. The van der Waals surface area contributed by atoms with Crippen LogP contribution in [0, 0.1) is 11.8 Å². The van der Waals surface area contributed by atoms with Crippen LogP contribution in [-0.4, -0.2) is 89.2 Å². The highest BCUT2D eigenvalue weighted by Crippen LogP contribution is 2.54. The van der Waals surface area contributed by atoms with Gasteiger partial charge in [-0.2, -0.15) is 0 Å². The Morgan fingerprint density at radius 2 is 1.76 bits per heavy atom. The van der Waals surface area contributed by atoms with E-state index in [0.29, 0.717) is 29.9 Å². The third-order valence-electron chi connectivity index (χ3n) is 8.75. The van der Waals surface area contributed by atoms with Crippen molar-refractivity contribution in [3.8, 4) is 5.75 Å². The molecule has 0 aromatic heterocycles. The van der Waals surface area contributed by atoms with Crippen molar-refractivity contribution < 1.29 is 34.8 Å². The Morgan fingerprint density at radius 1 is 1.10 bits per heavy atom. The summed E-state index contributed by atoms with van der Waals surface area (Å²) >= 11 is 0. The lowest BCUT2D eigenvalue weighted by Gasteiger charge is -2.50. The number of nitrogens with zero attached hydrogens (tertiary/aromatic N) is 2. The Labute approximate surface area is 243 Å². The summed E-state index contributed by atoms with van der Waals surface area (Å²) < 4.78 is 0. The maximum absolute atomic E-state index is 14.1. The highest BCUT2D eigenvalue weighted by Gasteiger charge is 2.64. The normalized spacial score (nSPS) is 25.2.